The van der Waals surface area contributed by atoms with Crippen molar-refractivity contribution < 1.29 is 27.1 Å². The van der Waals surface area contributed by atoms with E-state index in [0.717, 1.165) is 12.8 Å². The maximum Gasteiger partial charge on any atom is 0.387 e. The summed E-state index contributed by atoms with van der Waals surface area (Å²) in [7, 11) is 0. The molecule has 1 aliphatic carbocycles. The number of carbonyl (C=O) groups excluding carboxylic acids is 1. The lowest BCUT2D eigenvalue weighted by Crippen LogP contribution is -2.20. The summed E-state index contributed by atoms with van der Waals surface area (Å²) in [6, 6.07) is 7.32. The molecule has 0 atom stereocenters. The zero-order valence-corrected chi connectivity index (χ0v) is 16.2. The molecule has 1 amide bonds. The third-order valence-electron chi connectivity index (χ3n) is 4.47. The van der Waals surface area contributed by atoms with Crippen LogP contribution in [-0.2, 0) is 11.3 Å². The number of nitrogens with zero attached hydrogens (tertiary/aromatic N) is 3. The lowest BCUT2D eigenvalue weighted by atomic mass is 10.2. The van der Waals surface area contributed by atoms with Crippen LogP contribution in [0.5, 0.6) is 5.75 Å². The zero-order chi connectivity index (χ0) is 21.3. The monoisotopic (exact) mass is 440 g/mol. The van der Waals surface area contributed by atoms with Gasteiger partial charge in [-0.15, -0.1) is 11.3 Å². The minimum atomic E-state index is -2.90. The number of aromatic nitrogens is 3. The van der Waals surface area contributed by atoms with Gasteiger partial charge in [0.2, 0.25) is 5.91 Å². The lowest BCUT2D eigenvalue weighted by Gasteiger charge is -2.06. The Morgan fingerprint density at radius 3 is 2.60 bits per heavy atom. The first kappa shape index (κ1) is 20.3. The number of halogens is 4. The maximum atomic E-state index is 12.9. The highest BCUT2D eigenvalue weighted by molar-refractivity contribution is 7.14. The molecule has 2 aromatic heterocycles. The molecule has 0 bridgehead atoms. The minimum Gasteiger partial charge on any atom is -0.435 e. The molecule has 30 heavy (non-hydrogen) atoms. The predicted octanol–water partition coefficient (Wildman–Crippen LogP) is 5.06. The van der Waals surface area contributed by atoms with Gasteiger partial charge in [-0.3, -0.25) is 9.48 Å². The van der Waals surface area contributed by atoms with Gasteiger partial charge in [0, 0.05) is 22.6 Å². The lowest BCUT2D eigenvalue weighted by molar-refractivity contribution is -0.117. The van der Waals surface area contributed by atoms with E-state index in [9.17, 15) is 22.4 Å². The van der Waals surface area contributed by atoms with Crippen molar-refractivity contribution in [2.75, 3.05) is 5.32 Å². The van der Waals surface area contributed by atoms with E-state index in [1.54, 1.807) is 17.5 Å². The number of anilines is 1. The molecule has 6 nitrogen and oxygen atoms in total. The molecule has 11 heteroatoms. The van der Waals surface area contributed by atoms with Crippen LogP contribution in [0.15, 0.2) is 35.7 Å². The molecule has 0 aliphatic heterocycles. The van der Waals surface area contributed by atoms with Crippen LogP contribution in [0, 0.1) is 0 Å². The van der Waals surface area contributed by atoms with E-state index in [-0.39, 0.29) is 23.9 Å². The van der Waals surface area contributed by atoms with Crippen molar-refractivity contribution in [1.82, 2.24) is 14.8 Å². The molecule has 1 aromatic carbocycles. The van der Waals surface area contributed by atoms with E-state index in [1.165, 1.54) is 34.2 Å². The molecule has 2 heterocycles. The van der Waals surface area contributed by atoms with Crippen LogP contribution >= 0.6 is 11.3 Å². The van der Waals surface area contributed by atoms with Crippen LogP contribution in [-0.4, -0.2) is 27.3 Å². The van der Waals surface area contributed by atoms with Crippen molar-refractivity contribution in [3.8, 4) is 17.0 Å². The maximum absolute atomic E-state index is 12.9. The highest BCUT2D eigenvalue weighted by Gasteiger charge is 2.30. The van der Waals surface area contributed by atoms with E-state index in [2.05, 4.69) is 20.1 Å². The highest BCUT2D eigenvalue weighted by Crippen LogP contribution is 2.41. The summed E-state index contributed by atoms with van der Waals surface area (Å²) in [5.41, 5.74) is 1.53. The number of ether oxygens (including phenoxy) is 1. The molecule has 1 aliphatic rings. The van der Waals surface area contributed by atoms with Crippen LogP contribution in [0.1, 0.15) is 36.6 Å². The number of alkyl halides is 4. The molecule has 1 fully saturated rings. The van der Waals surface area contributed by atoms with Crippen LogP contribution < -0.4 is 10.1 Å². The first-order valence-electron chi connectivity index (χ1n) is 9.05. The Hall–Kier alpha value is -2.95. The van der Waals surface area contributed by atoms with Crippen molar-refractivity contribution in [1.29, 1.82) is 0 Å². The van der Waals surface area contributed by atoms with Crippen LogP contribution in [0.3, 0.4) is 0 Å². The fourth-order valence-electron chi connectivity index (χ4n) is 2.96. The van der Waals surface area contributed by atoms with Crippen LogP contribution in [0.2, 0.25) is 0 Å². The number of rotatable bonds is 8. The first-order valence-corrected chi connectivity index (χ1v) is 9.93. The van der Waals surface area contributed by atoms with Gasteiger partial charge in [-0.05, 0) is 43.2 Å². The molecule has 4 rings (SSSR count). The molecule has 0 unspecified atom stereocenters. The number of carbonyl (C=O) groups is 1. The van der Waals surface area contributed by atoms with Crippen molar-refractivity contribution in [3.05, 3.63) is 47.1 Å². The number of benzene rings is 1. The van der Waals surface area contributed by atoms with Gasteiger partial charge in [0.05, 0.1) is 5.69 Å². The van der Waals surface area contributed by atoms with Crippen LogP contribution in [0.4, 0.5) is 22.7 Å². The first-order chi connectivity index (χ1) is 14.4. The topological polar surface area (TPSA) is 69.0 Å². The molecule has 0 radical (unpaired) electrons. The minimum absolute atomic E-state index is 0.0337. The van der Waals surface area contributed by atoms with Gasteiger partial charge in [-0.1, -0.05) is 0 Å². The van der Waals surface area contributed by atoms with Gasteiger partial charge in [0.15, 0.2) is 5.13 Å². The van der Waals surface area contributed by atoms with Gasteiger partial charge in [-0.2, -0.15) is 13.9 Å². The van der Waals surface area contributed by atoms with E-state index >= 15 is 0 Å². The van der Waals surface area contributed by atoms with Gasteiger partial charge >= 0.3 is 6.61 Å². The number of hydrogen-bond acceptors (Lipinski definition) is 5. The Labute approximate surface area is 172 Å². The Bertz CT molecular complexity index is 1030. The fourth-order valence-corrected chi connectivity index (χ4v) is 3.69. The Morgan fingerprint density at radius 1 is 1.23 bits per heavy atom. The molecule has 3 aromatic rings. The largest absolute Gasteiger partial charge is 0.435 e. The average Bonchev–Trinajstić information content (AvgIpc) is 3.28. The molecule has 158 valence electrons. The predicted molar refractivity (Wildman–Crippen MR) is 102 cm³/mol. The summed E-state index contributed by atoms with van der Waals surface area (Å²) in [6.07, 6.45) is -0.897. The number of amides is 1. The Balaban J connectivity index is 1.41. The smallest absolute Gasteiger partial charge is 0.387 e. The molecular formula is C19H16F4N4O2S. The Kier molecular flexibility index (Phi) is 5.71. The average molecular weight is 440 g/mol. The summed E-state index contributed by atoms with van der Waals surface area (Å²) in [5, 5.41) is 8.53. The zero-order valence-electron chi connectivity index (χ0n) is 15.4. The quantitative estimate of drug-likeness (QED) is 0.497. The second-order valence-electron chi connectivity index (χ2n) is 6.72. The fraction of sp³-hybridized carbons (Fsp3) is 0.316. The SMILES string of the molecule is O=C(Cn1nc(C(F)F)cc1C1CC1)Nc1nc(-c2ccc(OC(F)F)cc2)cs1. The Morgan fingerprint density at radius 2 is 1.97 bits per heavy atom. The van der Waals surface area contributed by atoms with E-state index < -0.39 is 18.9 Å². The van der Waals surface area contributed by atoms with Crippen LogP contribution in [0.25, 0.3) is 11.3 Å². The molecule has 0 saturated heterocycles. The highest BCUT2D eigenvalue weighted by atomic mass is 32.1. The van der Waals surface area contributed by atoms with Gasteiger partial charge < -0.3 is 10.1 Å². The van der Waals surface area contributed by atoms with Crippen molar-refractivity contribution in [2.45, 2.75) is 38.3 Å². The van der Waals surface area contributed by atoms with Crippen molar-refractivity contribution >= 4 is 22.4 Å². The number of hydrogen-bond donors (Lipinski definition) is 1. The molecule has 1 N–H and O–H groups in total. The summed E-state index contributed by atoms with van der Waals surface area (Å²) in [5.74, 6) is -0.227. The van der Waals surface area contributed by atoms with Gasteiger partial charge in [0.25, 0.3) is 6.43 Å². The summed E-state index contributed by atoms with van der Waals surface area (Å²) in [4.78, 5) is 16.7. The molecule has 1 saturated carbocycles. The van der Waals surface area contributed by atoms with Gasteiger partial charge in [0.1, 0.15) is 18.0 Å². The normalized spacial score (nSPS) is 13.8. The van der Waals surface area contributed by atoms with E-state index in [0.29, 0.717) is 22.1 Å². The summed E-state index contributed by atoms with van der Waals surface area (Å²) in [6.45, 7) is -3.09. The van der Waals surface area contributed by atoms with Gasteiger partial charge in [-0.25, -0.2) is 13.8 Å². The third kappa shape index (κ3) is 4.78. The van der Waals surface area contributed by atoms with Crippen molar-refractivity contribution in [3.63, 3.8) is 0 Å². The second kappa shape index (κ2) is 8.42. The third-order valence-corrected chi connectivity index (χ3v) is 5.23. The summed E-state index contributed by atoms with van der Waals surface area (Å²) >= 11 is 1.19. The number of nitrogens with one attached hydrogen (secondary N) is 1. The van der Waals surface area contributed by atoms with Crippen molar-refractivity contribution in [2.24, 2.45) is 0 Å². The number of thiazole rings is 1. The second-order valence-corrected chi connectivity index (χ2v) is 7.57. The summed E-state index contributed by atoms with van der Waals surface area (Å²) < 4.78 is 56.0. The standard InChI is InChI=1S/C19H16F4N4O2S/c20-17(21)13-7-15(11-1-2-11)27(26-13)8-16(28)25-19-24-14(9-30-19)10-3-5-12(6-4-10)29-18(22)23/h3-7,9,11,17-18H,1-2,8H2,(H,24,25,28). The molecular weight excluding hydrogens is 424 g/mol. The molecule has 0 spiro atoms. The van der Waals surface area contributed by atoms with E-state index in [4.69, 9.17) is 0 Å². The van der Waals surface area contributed by atoms with E-state index in [1.807, 2.05) is 0 Å².